The number of nitrogens with one attached hydrogen (secondary N) is 1. The molecule has 1 aromatic heterocycles. The summed E-state index contributed by atoms with van der Waals surface area (Å²) in [6.45, 7) is 1.60. The summed E-state index contributed by atoms with van der Waals surface area (Å²) >= 11 is 4.91. The van der Waals surface area contributed by atoms with Crippen LogP contribution in [0.15, 0.2) is 28.8 Å². The molecule has 2 rings (SSSR count). The second kappa shape index (κ2) is 6.29. The van der Waals surface area contributed by atoms with Crippen LogP contribution in [0, 0.1) is 6.92 Å². The zero-order chi connectivity index (χ0) is 15.5. The van der Waals surface area contributed by atoms with Crippen molar-refractivity contribution in [2.45, 2.75) is 19.2 Å². The van der Waals surface area contributed by atoms with Crippen molar-refractivity contribution in [3.63, 3.8) is 0 Å². The average molecular weight is 326 g/mol. The largest absolute Gasteiger partial charge is 0.389 e. The van der Waals surface area contributed by atoms with E-state index in [2.05, 4.69) is 14.9 Å². The summed E-state index contributed by atoms with van der Waals surface area (Å²) in [6, 6.07) is 6.84. The fourth-order valence-corrected chi connectivity index (χ4v) is 3.03. The first kappa shape index (κ1) is 15.5. The molecule has 0 aliphatic carbocycles. The van der Waals surface area contributed by atoms with Gasteiger partial charge in [-0.05, 0) is 12.5 Å². The summed E-state index contributed by atoms with van der Waals surface area (Å²) in [7, 11) is -3.57. The number of benzene rings is 1. The molecular formula is C12H14N4O3S2. The molecule has 0 aliphatic heterocycles. The van der Waals surface area contributed by atoms with Crippen molar-refractivity contribution in [2.75, 3.05) is 0 Å². The topological polar surface area (TPSA) is 111 Å². The maximum Gasteiger partial charge on any atom is 0.241 e. The van der Waals surface area contributed by atoms with Gasteiger partial charge in [0.25, 0.3) is 0 Å². The van der Waals surface area contributed by atoms with E-state index in [1.807, 2.05) is 0 Å². The third-order valence-electron chi connectivity index (χ3n) is 2.64. The number of aromatic nitrogens is 2. The number of aryl methyl sites for hydroxylation is 1. The van der Waals surface area contributed by atoms with Crippen molar-refractivity contribution in [1.29, 1.82) is 0 Å². The van der Waals surface area contributed by atoms with Gasteiger partial charge in [0.05, 0.1) is 12.3 Å². The van der Waals surface area contributed by atoms with Gasteiger partial charge in [0, 0.05) is 5.56 Å². The van der Waals surface area contributed by atoms with E-state index in [0.29, 0.717) is 17.0 Å². The quantitative estimate of drug-likeness (QED) is 0.749. The smallest absolute Gasteiger partial charge is 0.241 e. The van der Waals surface area contributed by atoms with Crippen LogP contribution in [0.1, 0.15) is 22.8 Å². The highest BCUT2D eigenvalue weighted by Gasteiger charge is 2.16. The molecule has 0 saturated heterocycles. The minimum Gasteiger partial charge on any atom is -0.389 e. The van der Waals surface area contributed by atoms with Crippen LogP contribution in [0.4, 0.5) is 0 Å². The first-order valence-corrected chi connectivity index (χ1v) is 8.07. The molecule has 9 heteroatoms. The second-order valence-corrected chi connectivity index (χ2v) is 6.58. The minimum atomic E-state index is -3.57. The van der Waals surface area contributed by atoms with E-state index >= 15 is 0 Å². The number of nitrogens with two attached hydrogens (primary N) is 1. The second-order valence-electron chi connectivity index (χ2n) is 4.34. The summed E-state index contributed by atoms with van der Waals surface area (Å²) in [4.78, 5) is 4.08. The van der Waals surface area contributed by atoms with Crippen molar-refractivity contribution in [3.05, 3.63) is 47.1 Å². The van der Waals surface area contributed by atoms with Gasteiger partial charge < -0.3 is 10.3 Å². The highest BCUT2D eigenvalue weighted by atomic mass is 32.2. The number of hydrogen-bond acceptors (Lipinski definition) is 6. The van der Waals surface area contributed by atoms with Crippen molar-refractivity contribution >= 4 is 27.2 Å². The molecular weight excluding hydrogens is 312 g/mol. The minimum absolute atomic E-state index is 0.0571. The van der Waals surface area contributed by atoms with Gasteiger partial charge in [-0.3, -0.25) is 0 Å². The highest BCUT2D eigenvalue weighted by Crippen LogP contribution is 2.12. The van der Waals surface area contributed by atoms with Crippen LogP contribution >= 0.6 is 12.2 Å². The van der Waals surface area contributed by atoms with Crippen LogP contribution in [0.3, 0.4) is 0 Å². The lowest BCUT2D eigenvalue weighted by Crippen LogP contribution is -2.26. The Morgan fingerprint density at radius 2 is 2.14 bits per heavy atom. The monoisotopic (exact) mass is 326 g/mol. The number of nitrogens with zero attached hydrogens (tertiary/aromatic N) is 2. The van der Waals surface area contributed by atoms with E-state index < -0.39 is 10.0 Å². The lowest BCUT2D eigenvalue weighted by atomic mass is 10.1. The third kappa shape index (κ3) is 4.31. The van der Waals surface area contributed by atoms with Gasteiger partial charge in [0.1, 0.15) is 4.99 Å². The summed E-state index contributed by atoms with van der Waals surface area (Å²) in [6.07, 6.45) is 0. The molecule has 0 radical (unpaired) electrons. The SMILES string of the molecule is Cc1noc(CNS(=O)(=O)Cc2ccccc2C(N)=S)n1. The Bertz CT molecular complexity index is 755. The van der Waals surface area contributed by atoms with Crippen molar-refractivity contribution in [1.82, 2.24) is 14.9 Å². The van der Waals surface area contributed by atoms with Crippen LogP contribution in [0.25, 0.3) is 0 Å². The van der Waals surface area contributed by atoms with Crippen molar-refractivity contribution in [3.8, 4) is 0 Å². The molecule has 21 heavy (non-hydrogen) atoms. The fourth-order valence-electron chi connectivity index (χ4n) is 1.73. The zero-order valence-electron chi connectivity index (χ0n) is 11.2. The van der Waals surface area contributed by atoms with Crippen molar-refractivity contribution in [2.24, 2.45) is 5.73 Å². The molecule has 0 spiro atoms. The number of thiocarbonyl (C=S) groups is 1. The van der Waals surface area contributed by atoms with Gasteiger partial charge in [-0.25, -0.2) is 13.1 Å². The molecule has 0 aliphatic rings. The van der Waals surface area contributed by atoms with Gasteiger partial charge in [-0.15, -0.1) is 0 Å². The molecule has 0 atom stereocenters. The Morgan fingerprint density at radius 1 is 1.43 bits per heavy atom. The van der Waals surface area contributed by atoms with Crippen LogP contribution in [-0.2, 0) is 22.3 Å². The van der Waals surface area contributed by atoms with Crippen LogP contribution in [-0.4, -0.2) is 23.5 Å². The van der Waals surface area contributed by atoms with Gasteiger partial charge in [-0.1, -0.05) is 41.6 Å². The molecule has 2 aromatic rings. The fraction of sp³-hybridized carbons (Fsp3) is 0.250. The number of sulfonamides is 1. The van der Waals surface area contributed by atoms with Gasteiger partial charge in [-0.2, -0.15) is 4.98 Å². The van der Waals surface area contributed by atoms with E-state index in [4.69, 9.17) is 22.5 Å². The molecule has 1 heterocycles. The first-order valence-electron chi connectivity index (χ1n) is 6.01. The molecule has 112 valence electrons. The average Bonchev–Trinajstić information content (AvgIpc) is 2.82. The Morgan fingerprint density at radius 3 is 2.76 bits per heavy atom. The molecule has 1 aromatic carbocycles. The lowest BCUT2D eigenvalue weighted by Gasteiger charge is -2.09. The zero-order valence-corrected chi connectivity index (χ0v) is 12.9. The van der Waals surface area contributed by atoms with Crippen molar-refractivity contribution < 1.29 is 12.9 Å². The Labute approximate surface area is 127 Å². The predicted molar refractivity (Wildman–Crippen MR) is 80.8 cm³/mol. The standard InChI is InChI=1S/C12H14N4O3S2/c1-8-15-11(19-16-8)6-14-21(17,18)7-9-4-2-3-5-10(9)12(13)20/h2-5,14H,6-7H2,1H3,(H2,13,20). The maximum absolute atomic E-state index is 12.1. The Kier molecular flexibility index (Phi) is 4.66. The van der Waals surface area contributed by atoms with Gasteiger partial charge in [0.2, 0.25) is 15.9 Å². The third-order valence-corrected chi connectivity index (χ3v) is 4.14. The maximum atomic E-state index is 12.1. The summed E-state index contributed by atoms with van der Waals surface area (Å²) in [5, 5.41) is 3.58. The highest BCUT2D eigenvalue weighted by molar-refractivity contribution is 7.88. The molecule has 0 unspecified atom stereocenters. The van der Waals surface area contributed by atoms with Gasteiger partial charge >= 0.3 is 0 Å². The molecule has 0 bridgehead atoms. The first-order chi connectivity index (χ1) is 9.87. The van der Waals surface area contributed by atoms with E-state index in [1.54, 1.807) is 31.2 Å². The summed E-state index contributed by atoms with van der Waals surface area (Å²) in [5.41, 5.74) is 6.67. The van der Waals surface area contributed by atoms with E-state index in [9.17, 15) is 8.42 Å². The van der Waals surface area contributed by atoms with E-state index in [0.717, 1.165) is 0 Å². The summed E-state index contributed by atoms with van der Waals surface area (Å²) < 4.78 is 31.4. The lowest BCUT2D eigenvalue weighted by molar-refractivity contribution is 0.372. The van der Waals surface area contributed by atoms with E-state index in [-0.39, 0.29) is 23.2 Å². The predicted octanol–water partition coefficient (Wildman–Crippen LogP) is 0.632. The van der Waals surface area contributed by atoms with Crippen LogP contribution in [0.5, 0.6) is 0 Å². The number of rotatable bonds is 6. The van der Waals surface area contributed by atoms with Crippen LogP contribution < -0.4 is 10.5 Å². The Hall–Kier alpha value is -1.84. The van der Waals surface area contributed by atoms with Gasteiger partial charge in [0.15, 0.2) is 5.82 Å². The normalized spacial score (nSPS) is 11.5. The molecule has 0 amide bonds. The van der Waals surface area contributed by atoms with E-state index in [1.165, 1.54) is 0 Å². The number of hydrogen-bond donors (Lipinski definition) is 2. The molecule has 7 nitrogen and oxygen atoms in total. The van der Waals surface area contributed by atoms with Crippen LogP contribution in [0.2, 0.25) is 0 Å². The summed E-state index contributed by atoms with van der Waals surface area (Å²) in [5.74, 6) is 0.426. The molecule has 0 saturated carbocycles. The Balaban J connectivity index is 2.09. The molecule has 3 N–H and O–H groups in total. The molecule has 0 fully saturated rings.